The summed E-state index contributed by atoms with van der Waals surface area (Å²) < 4.78 is 9.10. The molecule has 3 heterocycles. The molecule has 8 aromatic rings. The fraction of sp³-hybridized carbons (Fsp3) is 0.281. The van der Waals surface area contributed by atoms with Gasteiger partial charge in [-0.3, -0.25) is 4.57 Å². The van der Waals surface area contributed by atoms with Crippen LogP contribution >= 0.6 is 0 Å². The van der Waals surface area contributed by atoms with Crippen molar-refractivity contribution < 1.29 is 4.74 Å². The van der Waals surface area contributed by atoms with E-state index in [9.17, 15) is 0 Å². The number of hydrogen-bond donors (Lipinski definition) is 0. The summed E-state index contributed by atoms with van der Waals surface area (Å²) in [6, 6.07) is 52.7. The number of nitrogens with zero attached hydrogens (tertiary/aromatic N) is 4. The quantitative estimate of drug-likeness (QED) is 0.160. The molecule has 0 amide bonds. The number of hydrogen-bond acceptors (Lipinski definition) is 4. The lowest BCUT2D eigenvalue weighted by Crippen LogP contribution is -2.24. The average molecular weight is 817 g/mol. The maximum Gasteiger partial charge on any atom is 0.137 e. The Labute approximate surface area is 368 Å². The van der Waals surface area contributed by atoms with Crippen molar-refractivity contribution in [3.8, 4) is 17.3 Å². The zero-order chi connectivity index (χ0) is 43.8. The Bertz CT molecular complexity index is 2940. The molecule has 6 aromatic carbocycles. The van der Waals surface area contributed by atoms with Crippen molar-refractivity contribution >= 4 is 44.6 Å². The van der Waals surface area contributed by atoms with Crippen molar-refractivity contribution in [2.45, 2.75) is 97.8 Å². The van der Waals surface area contributed by atoms with Crippen LogP contribution in [0.1, 0.15) is 104 Å². The van der Waals surface area contributed by atoms with Gasteiger partial charge in [0.1, 0.15) is 24.0 Å². The van der Waals surface area contributed by atoms with Crippen LogP contribution in [0.3, 0.4) is 0 Å². The molecule has 0 radical (unpaired) electrons. The Morgan fingerprint density at radius 3 is 1.73 bits per heavy atom. The molecule has 0 fully saturated rings. The van der Waals surface area contributed by atoms with Crippen molar-refractivity contribution in [3.05, 3.63) is 180 Å². The molecule has 0 unspecified atom stereocenters. The molecule has 5 heteroatoms. The SMILES string of the molecule is CC(C)(C)c1ccc(N2CN(c3cccc(Oc4ccc5c6ccccc6n(-c6cc(C(C)(C)c7ccccc7)ccn6)c5c4)c3)c3cc(C(C)(C)C)c(C(C)(C)C)cc32)cc1. The molecule has 0 aliphatic carbocycles. The number of pyridine rings is 1. The molecule has 5 nitrogen and oxygen atoms in total. The highest BCUT2D eigenvalue weighted by molar-refractivity contribution is 6.09. The minimum absolute atomic E-state index is 0.0228. The van der Waals surface area contributed by atoms with Gasteiger partial charge >= 0.3 is 0 Å². The predicted octanol–water partition coefficient (Wildman–Crippen LogP) is 15.4. The van der Waals surface area contributed by atoms with E-state index in [0.717, 1.165) is 39.4 Å². The number of para-hydroxylation sites is 1. The van der Waals surface area contributed by atoms with E-state index in [-0.39, 0.29) is 21.7 Å². The molecule has 0 spiro atoms. The molecule has 0 atom stereocenters. The van der Waals surface area contributed by atoms with Gasteiger partial charge in [-0.25, -0.2) is 4.98 Å². The maximum absolute atomic E-state index is 6.82. The third-order valence-corrected chi connectivity index (χ3v) is 12.8. The Morgan fingerprint density at radius 2 is 1.06 bits per heavy atom. The van der Waals surface area contributed by atoms with Crippen molar-refractivity contribution in [1.29, 1.82) is 0 Å². The minimum atomic E-state index is -0.204. The smallest absolute Gasteiger partial charge is 0.137 e. The third-order valence-electron chi connectivity index (χ3n) is 12.8. The van der Waals surface area contributed by atoms with E-state index in [2.05, 4.69) is 236 Å². The molecular formula is C57H60N4O. The van der Waals surface area contributed by atoms with E-state index >= 15 is 0 Å². The van der Waals surface area contributed by atoms with E-state index in [1.807, 2.05) is 6.20 Å². The van der Waals surface area contributed by atoms with Gasteiger partial charge in [-0.1, -0.05) is 143 Å². The van der Waals surface area contributed by atoms with Gasteiger partial charge < -0.3 is 14.5 Å². The maximum atomic E-state index is 6.82. The highest BCUT2D eigenvalue weighted by Gasteiger charge is 2.35. The first-order valence-corrected chi connectivity index (χ1v) is 22.1. The Balaban J connectivity index is 1.11. The van der Waals surface area contributed by atoms with Crippen molar-refractivity contribution in [3.63, 3.8) is 0 Å². The normalized spacial score (nSPS) is 13.6. The first-order chi connectivity index (χ1) is 29.4. The van der Waals surface area contributed by atoms with Gasteiger partial charge in [0, 0.05) is 45.9 Å². The Morgan fingerprint density at radius 1 is 0.452 bits per heavy atom. The van der Waals surface area contributed by atoms with Crippen LogP contribution in [0.2, 0.25) is 0 Å². The van der Waals surface area contributed by atoms with Crippen LogP contribution in [0.15, 0.2) is 152 Å². The van der Waals surface area contributed by atoms with Crippen molar-refractivity contribution in [1.82, 2.24) is 9.55 Å². The molecule has 62 heavy (non-hydrogen) atoms. The van der Waals surface area contributed by atoms with Gasteiger partial charge in [0.15, 0.2) is 0 Å². The van der Waals surface area contributed by atoms with E-state index in [1.165, 1.54) is 50.3 Å². The van der Waals surface area contributed by atoms with Gasteiger partial charge in [-0.2, -0.15) is 0 Å². The molecule has 0 saturated carbocycles. The lowest BCUT2D eigenvalue weighted by atomic mass is 9.74. The van der Waals surface area contributed by atoms with Gasteiger partial charge in [0.05, 0.1) is 22.4 Å². The molecule has 1 aliphatic rings. The second kappa shape index (κ2) is 14.9. The Kier molecular flexibility index (Phi) is 9.89. The van der Waals surface area contributed by atoms with E-state index < -0.39 is 0 Å². The topological polar surface area (TPSA) is 33.5 Å². The number of anilines is 4. The summed E-state index contributed by atoms with van der Waals surface area (Å²) in [5.41, 5.74) is 13.2. The van der Waals surface area contributed by atoms with E-state index in [0.29, 0.717) is 6.67 Å². The largest absolute Gasteiger partial charge is 0.457 e. The summed E-state index contributed by atoms with van der Waals surface area (Å²) in [4.78, 5) is 9.88. The molecule has 9 rings (SSSR count). The Hall–Kier alpha value is -6.33. The standard InChI is InChI=1S/C57H60N4O/c1-54(2,3)38-24-26-41(27-25-38)59-37-60(52-36-48(56(7,8)9)47(35-51(52)59)55(4,5)6)42-20-17-21-43(33-42)62-44-28-29-46-45-22-15-16-23-49(45)61(50(46)34-44)53-32-40(30-31-58-53)57(10,11)39-18-13-12-14-19-39/h12-36H,37H2,1-11H3. The number of fused-ring (bicyclic) bond motifs is 4. The predicted molar refractivity (Wildman–Crippen MR) is 262 cm³/mol. The van der Waals surface area contributed by atoms with Crippen LogP contribution in [-0.2, 0) is 21.7 Å². The minimum Gasteiger partial charge on any atom is -0.457 e. The first-order valence-electron chi connectivity index (χ1n) is 22.1. The fourth-order valence-electron chi connectivity index (χ4n) is 9.19. The second-order valence-corrected chi connectivity index (χ2v) is 20.7. The molecule has 1 aliphatic heterocycles. The van der Waals surface area contributed by atoms with Crippen LogP contribution in [0, 0.1) is 0 Å². The second-order valence-electron chi connectivity index (χ2n) is 20.7. The first kappa shape index (κ1) is 41.0. The van der Waals surface area contributed by atoms with Gasteiger partial charge in [-0.05, 0) is 111 Å². The van der Waals surface area contributed by atoms with Crippen LogP contribution in [-0.4, -0.2) is 16.2 Å². The third kappa shape index (κ3) is 7.42. The van der Waals surface area contributed by atoms with E-state index in [1.54, 1.807) is 0 Å². The fourth-order valence-corrected chi connectivity index (χ4v) is 9.19. The molecule has 314 valence electrons. The lowest BCUT2D eigenvalue weighted by molar-refractivity contribution is 0.483. The highest BCUT2D eigenvalue weighted by Crippen LogP contribution is 2.50. The zero-order valence-electron chi connectivity index (χ0n) is 38.3. The molecule has 0 saturated heterocycles. The summed E-state index contributed by atoms with van der Waals surface area (Å²) in [7, 11) is 0. The molecule has 0 N–H and O–H groups in total. The molecular weight excluding hydrogens is 757 g/mol. The lowest BCUT2D eigenvalue weighted by Gasteiger charge is -2.32. The molecule has 0 bridgehead atoms. The van der Waals surface area contributed by atoms with Crippen molar-refractivity contribution in [2.24, 2.45) is 0 Å². The number of ether oxygens (including phenoxy) is 1. The highest BCUT2D eigenvalue weighted by atomic mass is 16.5. The van der Waals surface area contributed by atoms with Gasteiger partial charge in [0.2, 0.25) is 0 Å². The van der Waals surface area contributed by atoms with E-state index in [4.69, 9.17) is 9.72 Å². The summed E-state index contributed by atoms with van der Waals surface area (Å²) in [6.45, 7) is 26.0. The summed E-state index contributed by atoms with van der Waals surface area (Å²) in [5, 5.41) is 2.34. The van der Waals surface area contributed by atoms with Crippen LogP contribution in [0.4, 0.5) is 22.7 Å². The summed E-state index contributed by atoms with van der Waals surface area (Å²) >= 11 is 0. The molecule has 2 aromatic heterocycles. The van der Waals surface area contributed by atoms with Gasteiger partial charge in [0.25, 0.3) is 0 Å². The average Bonchev–Trinajstić information content (AvgIpc) is 3.78. The summed E-state index contributed by atoms with van der Waals surface area (Å²) in [6.07, 6.45) is 1.94. The summed E-state index contributed by atoms with van der Waals surface area (Å²) in [5.74, 6) is 2.43. The monoisotopic (exact) mass is 816 g/mol. The van der Waals surface area contributed by atoms with Crippen LogP contribution in [0.25, 0.3) is 27.6 Å². The number of aromatic nitrogens is 2. The number of rotatable bonds is 7. The van der Waals surface area contributed by atoms with Gasteiger partial charge in [-0.15, -0.1) is 0 Å². The zero-order valence-corrected chi connectivity index (χ0v) is 38.3. The van der Waals surface area contributed by atoms with Crippen LogP contribution < -0.4 is 14.5 Å². The van der Waals surface area contributed by atoms with Crippen LogP contribution in [0.5, 0.6) is 11.5 Å². The van der Waals surface area contributed by atoms with Crippen molar-refractivity contribution in [2.75, 3.05) is 16.5 Å². The number of benzene rings is 6.